The average molecular weight is 305 g/mol. The van der Waals surface area contributed by atoms with Crippen molar-refractivity contribution in [1.29, 1.82) is 0 Å². The Balaban J connectivity index is 2.09. The number of carbonyl (C=O) groups is 1. The van der Waals surface area contributed by atoms with Crippen LogP contribution in [0, 0.1) is 0 Å². The predicted octanol–water partition coefficient (Wildman–Crippen LogP) is 0.814. The van der Waals surface area contributed by atoms with Crippen molar-refractivity contribution in [3.05, 3.63) is 35.9 Å². The van der Waals surface area contributed by atoms with Crippen LogP contribution >= 0.6 is 0 Å². The minimum atomic E-state index is -0.306. The van der Waals surface area contributed by atoms with Crippen LogP contribution in [0.3, 0.4) is 0 Å². The van der Waals surface area contributed by atoms with E-state index in [9.17, 15) is 9.90 Å². The Kier molecular flexibility index (Phi) is 5.94. The van der Waals surface area contributed by atoms with E-state index in [1.54, 1.807) is 4.90 Å². The lowest BCUT2D eigenvalue weighted by atomic mass is 10.0. The molecular weight excluding hydrogens is 278 g/mol. The summed E-state index contributed by atoms with van der Waals surface area (Å²) in [5, 5.41) is 9.50. The number of amides is 1. The van der Waals surface area contributed by atoms with E-state index in [0.717, 1.165) is 31.7 Å². The smallest absolute Gasteiger partial charge is 0.244 e. The lowest BCUT2D eigenvalue weighted by Gasteiger charge is -2.39. The fourth-order valence-corrected chi connectivity index (χ4v) is 2.97. The van der Waals surface area contributed by atoms with Crippen LogP contribution in [0.4, 0.5) is 0 Å². The van der Waals surface area contributed by atoms with E-state index in [0.29, 0.717) is 6.54 Å². The Labute approximate surface area is 133 Å². The molecule has 5 nitrogen and oxygen atoms in total. The van der Waals surface area contributed by atoms with Gasteiger partial charge in [0.2, 0.25) is 5.91 Å². The van der Waals surface area contributed by atoms with E-state index in [1.807, 2.05) is 51.4 Å². The van der Waals surface area contributed by atoms with Gasteiger partial charge in [-0.1, -0.05) is 30.3 Å². The molecule has 1 saturated heterocycles. The highest BCUT2D eigenvalue weighted by Crippen LogP contribution is 2.24. The van der Waals surface area contributed by atoms with Crippen LogP contribution in [0.2, 0.25) is 0 Å². The number of hydrogen-bond acceptors (Lipinski definition) is 4. The number of β-amino-alcohol motifs (C(OH)–C–C–N with tert-alkyl or cyclic N) is 1. The fraction of sp³-hybridized carbons (Fsp3) is 0.588. The Bertz CT molecular complexity index is 468. The van der Waals surface area contributed by atoms with Crippen LogP contribution < -0.4 is 0 Å². The highest BCUT2D eigenvalue weighted by Gasteiger charge is 2.31. The molecule has 0 aromatic heterocycles. The van der Waals surface area contributed by atoms with Gasteiger partial charge in [-0.15, -0.1) is 0 Å². The van der Waals surface area contributed by atoms with Gasteiger partial charge in [-0.3, -0.25) is 14.6 Å². The largest absolute Gasteiger partial charge is 0.392 e. The molecule has 1 N–H and O–H groups in total. The molecule has 0 saturated carbocycles. The molecule has 1 aromatic rings. The summed E-state index contributed by atoms with van der Waals surface area (Å²) in [7, 11) is 3.62. The number of aliphatic hydroxyl groups excluding tert-OH is 1. The van der Waals surface area contributed by atoms with E-state index >= 15 is 0 Å². The van der Waals surface area contributed by atoms with Crippen LogP contribution in [0.25, 0.3) is 0 Å². The molecule has 1 heterocycles. The zero-order chi connectivity index (χ0) is 16.1. The first kappa shape index (κ1) is 16.9. The standard InChI is InChI=1S/C17H27N3O2/c1-14(21)13-19-9-11-20(12-10-19)16(17(22)18(2)3)15-7-5-4-6-8-15/h4-8,14,16,21H,9-13H2,1-3H3/t14-,16+/m0/s1. The van der Waals surface area contributed by atoms with Gasteiger partial charge in [0.25, 0.3) is 0 Å². The number of aliphatic hydroxyl groups is 1. The number of piperazine rings is 1. The van der Waals surface area contributed by atoms with Gasteiger partial charge < -0.3 is 10.0 Å². The SMILES string of the molecule is C[C@H](O)CN1CCN([C@@H](C(=O)N(C)C)c2ccccc2)CC1. The molecule has 0 aliphatic carbocycles. The van der Waals surface area contributed by atoms with E-state index in [4.69, 9.17) is 0 Å². The summed E-state index contributed by atoms with van der Waals surface area (Å²) in [6.07, 6.45) is -0.306. The van der Waals surface area contributed by atoms with E-state index in [-0.39, 0.29) is 18.1 Å². The minimum Gasteiger partial charge on any atom is -0.392 e. The molecule has 1 amide bonds. The lowest BCUT2D eigenvalue weighted by Crippen LogP contribution is -2.51. The van der Waals surface area contributed by atoms with E-state index in [2.05, 4.69) is 9.80 Å². The summed E-state index contributed by atoms with van der Waals surface area (Å²) < 4.78 is 0. The molecule has 1 aromatic carbocycles. The quantitative estimate of drug-likeness (QED) is 0.875. The molecule has 122 valence electrons. The second-order valence-electron chi connectivity index (χ2n) is 6.23. The Morgan fingerprint density at radius 1 is 1.18 bits per heavy atom. The first-order chi connectivity index (χ1) is 10.5. The van der Waals surface area contributed by atoms with Gasteiger partial charge in [0.15, 0.2) is 0 Å². The van der Waals surface area contributed by atoms with Crippen molar-refractivity contribution in [2.75, 3.05) is 46.8 Å². The summed E-state index contributed by atoms with van der Waals surface area (Å²) in [6.45, 7) is 5.96. The molecule has 5 heteroatoms. The number of carbonyl (C=O) groups excluding carboxylic acids is 1. The van der Waals surface area contributed by atoms with Crippen molar-refractivity contribution in [3.8, 4) is 0 Å². The summed E-state index contributed by atoms with van der Waals surface area (Å²) in [4.78, 5) is 18.8. The molecule has 1 fully saturated rings. The van der Waals surface area contributed by atoms with E-state index in [1.165, 1.54) is 0 Å². The maximum absolute atomic E-state index is 12.6. The lowest BCUT2D eigenvalue weighted by molar-refractivity contribution is -0.135. The average Bonchev–Trinajstić information content (AvgIpc) is 2.49. The van der Waals surface area contributed by atoms with Crippen molar-refractivity contribution in [2.24, 2.45) is 0 Å². The third kappa shape index (κ3) is 4.29. The van der Waals surface area contributed by atoms with Crippen molar-refractivity contribution in [3.63, 3.8) is 0 Å². The molecule has 2 rings (SSSR count). The van der Waals surface area contributed by atoms with Gasteiger partial charge in [-0.25, -0.2) is 0 Å². The molecule has 0 unspecified atom stereocenters. The van der Waals surface area contributed by atoms with Crippen molar-refractivity contribution in [2.45, 2.75) is 19.1 Å². The highest BCUT2D eigenvalue weighted by atomic mass is 16.3. The Hall–Kier alpha value is -1.43. The first-order valence-corrected chi connectivity index (χ1v) is 7.89. The zero-order valence-electron chi connectivity index (χ0n) is 13.8. The monoisotopic (exact) mass is 305 g/mol. The van der Waals surface area contributed by atoms with Gasteiger partial charge in [-0.05, 0) is 12.5 Å². The van der Waals surface area contributed by atoms with Crippen molar-refractivity contribution < 1.29 is 9.90 Å². The number of benzene rings is 1. The van der Waals surface area contributed by atoms with Gasteiger partial charge in [0.1, 0.15) is 6.04 Å². The number of nitrogens with zero attached hydrogens (tertiary/aromatic N) is 3. The molecular formula is C17H27N3O2. The number of likely N-dealkylation sites (N-methyl/N-ethyl adjacent to an activating group) is 1. The third-order valence-electron chi connectivity index (χ3n) is 4.08. The van der Waals surface area contributed by atoms with Crippen LogP contribution in [-0.4, -0.2) is 78.6 Å². The maximum atomic E-state index is 12.6. The topological polar surface area (TPSA) is 47.0 Å². The molecule has 0 bridgehead atoms. The second-order valence-corrected chi connectivity index (χ2v) is 6.23. The summed E-state index contributed by atoms with van der Waals surface area (Å²) in [5.41, 5.74) is 1.05. The first-order valence-electron chi connectivity index (χ1n) is 7.89. The highest BCUT2D eigenvalue weighted by molar-refractivity contribution is 5.82. The summed E-state index contributed by atoms with van der Waals surface area (Å²) in [5.74, 6) is 0.121. The normalized spacial score (nSPS) is 19.6. The minimum absolute atomic E-state index is 0.121. The van der Waals surface area contributed by atoms with Gasteiger partial charge in [0, 0.05) is 46.8 Å². The van der Waals surface area contributed by atoms with Gasteiger partial charge in [0.05, 0.1) is 6.10 Å². The van der Waals surface area contributed by atoms with Crippen LogP contribution in [-0.2, 0) is 4.79 Å². The van der Waals surface area contributed by atoms with Crippen LogP contribution in [0.15, 0.2) is 30.3 Å². The Morgan fingerprint density at radius 2 is 1.77 bits per heavy atom. The van der Waals surface area contributed by atoms with E-state index < -0.39 is 0 Å². The van der Waals surface area contributed by atoms with Crippen molar-refractivity contribution in [1.82, 2.24) is 14.7 Å². The molecule has 1 aliphatic heterocycles. The van der Waals surface area contributed by atoms with Crippen molar-refractivity contribution >= 4 is 5.91 Å². The maximum Gasteiger partial charge on any atom is 0.244 e. The second kappa shape index (κ2) is 7.72. The molecule has 0 radical (unpaired) electrons. The summed E-state index contributed by atoms with van der Waals surface area (Å²) >= 11 is 0. The molecule has 2 atom stereocenters. The van der Waals surface area contributed by atoms with Crippen LogP contribution in [0.5, 0.6) is 0 Å². The molecule has 22 heavy (non-hydrogen) atoms. The molecule has 1 aliphatic rings. The fourth-order valence-electron chi connectivity index (χ4n) is 2.97. The zero-order valence-corrected chi connectivity index (χ0v) is 13.8. The number of rotatable bonds is 5. The van der Waals surface area contributed by atoms with Gasteiger partial charge >= 0.3 is 0 Å². The third-order valence-corrected chi connectivity index (χ3v) is 4.08. The van der Waals surface area contributed by atoms with Crippen LogP contribution in [0.1, 0.15) is 18.5 Å². The summed E-state index contributed by atoms with van der Waals surface area (Å²) in [6, 6.07) is 9.76. The van der Waals surface area contributed by atoms with Gasteiger partial charge in [-0.2, -0.15) is 0 Å². The molecule has 0 spiro atoms. The Morgan fingerprint density at radius 3 is 2.27 bits per heavy atom. The number of hydrogen-bond donors (Lipinski definition) is 1. The predicted molar refractivity (Wildman–Crippen MR) is 87.6 cm³/mol.